The highest BCUT2D eigenvalue weighted by Gasteiger charge is 2.25. The molecule has 1 heterocycles. The Balaban J connectivity index is 1.76. The van der Waals surface area contributed by atoms with Gasteiger partial charge in [-0.1, -0.05) is 48.8 Å². The van der Waals surface area contributed by atoms with E-state index in [0.29, 0.717) is 35.0 Å². The fourth-order valence-corrected chi connectivity index (χ4v) is 5.35. The van der Waals surface area contributed by atoms with Crippen molar-refractivity contribution < 1.29 is 18.4 Å². The number of benzene rings is 2. The van der Waals surface area contributed by atoms with Gasteiger partial charge in [0.05, 0.1) is 28.1 Å². The number of hydrogen-bond acceptors (Lipinski definition) is 5. The van der Waals surface area contributed by atoms with Gasteiger partial charge in [0.1, 0.15) is 5.82 Å². The zero-order valence-electron chi connectivity index (χ0n) is 20.1. The number of carbonyl (C=O) groups excluding carboxylic acids is 2. The summed E-state index contributed by atoms with van der Waals surface area (Å²) in [7, 11) is 0. The molecule has 2 amide bonds. The molecule has 0 fully saturated rings. The molecular formula is C24H24BrCl2F2N5O2S. The lowest BCUT2D eigenvalue weighted by Gasteiger charge is -2.21. The molecule has 3 rings (SSSR count). The quantitative estimate of drug-likeness (QED) is 0.237. The third-order valence-corrected chi connectivity index (χ3v) is 7.31. The lowest BCUT2D eigenvalue weighted by atomic mass is 10.0. The van der Waals surface area contributed by atoms with Gasteiger partial charge >= 0.3 is 0 Å². The SMILES string of the molecule is CCn1c(SCC(=O)Nc2c(F)cc(F)cc2Br)nnc1[C@H](CC(C)C)NC(=O)c1ccc(Cl)cc1Cl. The first-order valence-electron chi connectivity index (χ1n) is 11.3. The van der Waals surface area contributed by atoms with Crippen molar-refractivity contribution in [1.29, 1.82) is 0 Å². The lowest BCUT2D eigenvalue weighted by Crippen LogP contribution is -2.32. The highest BCUT2D eigenvalue weighted by Crippen LogP contribution is 2.29. The maximum atomic E-state index is 14.1. The van der Waals surface area contributed by atoms with Gasteiger partial charge in [-0.25, -0.2) is 8.78 Å². The van der Waals surface area contributed by atoms with E-state index >= 15 is 0 Å². The van der Waals surface area contributed by atoms with E-state index in [9.17, 15) is 18.4 Å². The smallest absolute Gasteiger partial charge is 0.253 e. The van der Waals surface area contributed by atoms with Crippen LogP contribution in [0.5, 0.6) is 0 Å². The average molecular weight is 635 g/mol. The van der Waals surface area contributed by atoms with Crippen LogP contribution in [0.1, 0.15) is 49.4 Å². The molecule has 0 saturated heterocycles. The Kier molecular flexibility index (Phi) is 10.3. The van der Waals surface area contributed by atoms with Gasteiger partial charge in [0.15, 0.2) is 16.8 Å². The van der Waals surface area contributed by atoms with Crippen LogP contribution in [0.2, 0.25) is 10.0 Å². The summed E-state index contributed by atoms with van der Waals surface area (Å²) in [6.45, 7) is 6.42. The molecule has 0 aliphatic carbocycles. The molecule has 0 aliphatic rings. The Morgan fingerprint density at radius 1 is 1.16 bits per heavy atom. The van der Waals surface area contributed by atoms with Gasteiger partial charge in [-0.05, 0) is 59.5 Å². The van der Waals surface area contributed by atoms with Crippen molar-refractivity contribution in [3.63, 3.8) is 0 Å². The van der Waals surface area contributed by atoms with Gasteiger partial charge in [0.2, 0.25) is 5.91 Å². The second kappa shape index (κ2) is 13.0. The predicted molar refractivity (Wildman–Crippen MR) is 145 cm³/mol. The standard InChI is InChI=1S/C24H24BrCl2F2N5O2S/c1-4-34-22(19(7-12(2)3)30-23(36)15-6-5-13(26)8-17(15)27)32-33-24(34)37-11-20(35)31-21-16(25)9-14(28)10-18(21)29/h5-6,8-10,12,19H,4,7,11H2,1-3H3,(H,30,36)(H,31,35)/t19-/m0/s1. The average Bonchev–Trinajstić information content (AvgIpc) is 3.22. The van der Waals surface area contributed by atoms with Gasteiger partial charge in [-0.2, -0.15) is 0 Å². The summed E-state index contributed by atoms with van der Waals surface area (Å²) in [6, 6.07) is 5.92. The molecule has 1 atom stereocenters. The monoisotopic (exact) mass is 633 g/mol. The van der Waals surface area contributed by atoms with Gasteiger partial charge in [-0.15, -0.1) is 10.2 Å². The number of nitrogens with zero attached hydrogens (tertiary/aromatic N) is 3. The van der Waals surface area contributed by atoms with Crippen LogP contribution in [0.15, 0.2) is 40.0 Å². The zero-order chi connectivity index (χ0) is 27.3. The number of nitrogens with one attached hydrogen (secondary N) is 2. The van der Waals surface area contributed by atoms with Crippen molar-refractivity contribution in [3.05, 3.63) is 67.9 Å². The number of halogens is 5. The van der Waals surface area contributed by atoms with Crippen molar-refractivity contribution in [2.45, 2.75) is 44.9 Å². The van der Waals surface area contributed by atoms with Crippen LogP contribution in [0.3, 0.4) is 0 Å². The summed E-state index contributed by atoms with van der Waals surface area (Å²) in [5, 5.41) is 15.1. The minimum absolute atomic E-state index is 0.0930. The molecular weight excluding hydrogens is 611 g/mol. The number of carbonyl (C=O) groups is 2. The predicted octanol–water partition coefficient (Wildman–Crippen LogP) is 6.89. The maximum absolute atomic E-state index is 14.1. The summed E-state index contributed by atoms with van der Waals surface area (Å²) in [4.78, 5) is 25.5. The number of thioether (sulfide) groups is 1. The van der Waals surface area contributed by atoms with Crippen molar-refractivity contribution >= 4 is 68.4 Å². The molecule has 7 nitrogen and oxygen atoms in total. The van der Waals surface area contributed by atoms with Crippen molar-refractivity contribution in [2.24, 2.45) is 5.92 Å². The summed E-state index contributed by atoms with van der Waals surface area (Å²) in [5.74, 6) is -1.88. The molecule has 1 aromatic heterocycles. The summed E-state index contributed by atoms with van der Waals surface area (Å²) >= 11 is 16.3. The Hall–Kier alpha value is -2.21. The van der Waals surface area contributed by atoms with Crippen LogP contribution in [-0.2, 0) is 11.3 Å². The van der Waals surface area contributed by atoms with Gasteiger partial charge in [-0.3, -0.25) is 9.59 Å². The second-order valence-corrected chi connectivity index (χ2v) is 11.1. The number of anilines is 1. The van der Waals surface area contributed by atoms with E-state index in [4.69, 9.17) is 23.2 Å². The van der Waals surface area contributed by atoms with Gasteiger partial charge in [0.25, 0.3) is 5.91 Å². The lowest BCUT2D eigenvalue weighted by molar-refractivity contribution is -0.113. The Bertz CT molecular complexity index is 1290. The number of hydrogen-bond donors (Lipinski definition) is 2. The van der Waals surface area contributed by atoms with E-state index in [0.717, 1.165) is 17.8 Å². The molecule has 37 heavy (non-hydrogen) atoms. The third kappa shape index (κ3) is 7.66. The molecule has 0 saturated carbocycles. The largest absolute Gasteiger partial charge is 0.342 e. The van der Waals surface area contributed by atoms with Crippen LogP contribution in [0, 0.1) is 17.6 Å². The molecule has 0 radical (unpaired) electrons. The van der Waals surface area contributed by atoms with Crippen LogP contribution >= 0.6 is 50.9 Å². The number of rotatable bonds is 10. The second-order valence-electron chi connectivity index (χ2n) is 8.45. The molecule has 0 aliphatic heterocycles. The van der Waals surface area contributed by atoms with E-state index in [1.807, 2.05) is 25.3 Å². The highest BCUT2D eigenvalue weighted by atomic mass is 79.9. The van der Waals surface area contributed by atoms with Crippen LogP contribution in [-0.4, -0.2) is 32.3 Å². The number of amides is 2. The Morgan fingerprint density at radius 3 is 2.51 bits per heavy atom. The van der Waals surface area contributed by atoms with E-state index in [1.54, 1.807) is 12.1 Å². The molecule has 0 spiro atoms. The fraction of sp³-hybridized carbons (Fsp3) is 0.333. The third-order valence-electron chi connectivity index (χ3n) is 5.17. The van der Waals surface area contributed by atoms with E-state index in [1.165, 1.54) is 6.07 Å². The van der Waals surface area contributed by atoms with E-state index < -0.39 is 23.6 Å². The number of aromatic nitrogens is 3. The van der Waals surface area contributed by atoms with Crippen molar-refractivity contribution in [2.75, 3.05) is 11.1 Å². The first-order valence-corrected chi connectivity index (χ1v) is 13.8. The molecule has 2 N–H and O–H groups in total. The van der Waals surface area contributed by atoms with Crippen LogP contribution in [0.4, 0.5) is 14.5 Å². The van der Waals surface area contributed by atoms with E-state index in [2.05, 4.69) is 36.8 Å². The fourth-order valence-electron chi connectivity index (χ4n) is 3.54. The summed E-state index contributed by atoms with van der Waals surface area (Å²) in [5.41, 5.74) is 0.137. The minimum Gasteiger partial charge on any atom is -0.342 e. The molecule has 13 heteroatoms. The Morgan fingerprint density at radius 2 is 1.89 bits per heavy atom. The van der Waals surface area contributed by atoms with Crippen molar-refractivity contribution in [1.82, 2.24) is 20.1 Å². The zero-order valence-corrected chi connectivity index (χ0v) is 24.0. The van der Waals surface area contributed by atoms with E-state index in [-0.39, 0.29) is 38.3 Å². The minimum atomic E-state index is -0.891. The normalized spacial score (nSPS) is 12.0. The molecule has 198 valence electrons. The van der Waals surface area contributed by atoms with Crippen molar-refractivity contribution in [3.8, 4) is 0 Å². The van der Waals surface area contributed by atoms with Crippen LogP contribution in [0.25, 0.3) is 0 Å². The Labute approximate surface area is 235 Å². The van der Waals surface area contributed by atoms with Crippen LogP contribution < -0.4 is 10.6 Å². The first-order chi connectivity index (χ1) is 17.5. The van der Waals surface area contributed by atoms with Gasteiger partial charge < -0.3 is 15.2 Å². The first kappa shape index (κ1) is 29.3. The highest BCUT2D eigenvalue weighted by molar-refractivity contribution is 9.10. The topological polar surface area (TPSA) is 88.9 Å². The summed E-state index contributed by atoms with van der Waals surface area (Å²) < 4.78 is 29.3. The molecule has 2 aromatic carbocycles. The van der Waals surface area contributed by atoms with Gasteiger partial charge in [0, 0.05) is 22.1 Å². The molecule has 0 bridgehead atoms. The summed E-state index contributed by atoms with van der Waals surface area (Å²) in [6.07, 6.45) is 0.581. The molecule has 3 aromatic rings. The molecule has 0 unspecified atom stereocenters. The maximum Gasteiger partial charge on any atom is 0.253 e.